The fourth-order valence-corrected chi connectivity index (χ4v) is 4.45. The molecule has 0 aliphatic carbocycles. The summed E-state index contributed by atoms with van der Waals surface area (Å²) in [6, 6.07) is 17.1. The summed E-state index contributed by atoms with van der Waals surface area (Å²) in [4.78, 5) is 42.4. The highest BCUT2D eigenvalue weighted by molar-refractivity contribution is 5.86. The number of rotatable bonds is 12. The molecular weight excluding hydrogens is 482 g/mol. The quantitative estimate of drug-likeness (QED) is 0.251. The Balaban J connectivity index is 0.00000456. The Morgan fingerprint density at radius 3 is 2.47 bits per heavy atom. The molecule has 1 heterocycles. The number of carbonyl (C=O) groups excluding carboxylic acids is 2. The molecule has 10 heteroatoms. The third-order valence-corrected chi connectivity index (χ3v) is 6.10. The van der Waals surface area contributed by atoms with Crippen LogP contribution in [0.3, 0.4) is 0 Å². The smallest absolute Gasteiger partial charge is 0.304 e. The van der Waals surface area contributed by atoms with Gasteiger partial charge in [-0.2, -0.15) is 0 Å². The number of carboxylic acid groups (broad SMARTS) is 1. The number of aryl methyl sites for hydroxylation is 2. The van der Waals surface area contributed by atoms with Crippen LogP contribution in [0.1, 0.15) is 36.8 Å². The van der Waals surface area contributed by atoms with Crippen molar-refractivity contribution >= 4 is 41.8 Å². The Morgan fingerprint density at radius 2 is 1.78 bits per heavy atom. The van der Waals surface area contributed by atoms with Gasteiger partial charge in [0, 0.05) is 25.6 Å². The zero-order valence-electron chi connectivity index (χ0n) is 20.1. The second kappa shape index (κ2) is 14.1. The SMILES string of the molecule is Cl.NC(N)=Nc1cccc(CCC(=O)NC[C@@H]2C[C@@H](CC(=O)O)C(=O)N2CCCc2ccccc2)c1. The summed E-state index contributed by atoms with van der Waals surface area (Å²) in [5.41, 5.74) is 13.6. The highest BCUT2D eigenvalue weighted by Gasteiger charge is 2.40. The fraction of sp³-hybridized carbons (Fsp3) is 0.385. The second-order valence-electron chi connectivity index (χ2n) is 8.82. The normalized spacial score (nSPS) is 16.8. The highest BCUT2D eigenvalue weighted by Crippen LogP contribution is 2.27. The number of halogens is 1. The standard InChI is InChI=1S/C26H33N5O4.ClH/c27-26(28)30-21-10-4-8-19(14-21)11-12-23(32)29-17-22-15-20(16-24(33)34)25(35)31(22)13-5-9-18-6-2-1-3-7-18;/h1-4,6-8,10,14,20,22H,5,9,11-13,15-17H2,(H,29,32)(H,33,34)(H4,27,28,30);1H/t20-,22-;/m0./s1. The Hall–Kier alpha value is -3.59. The first-order chi connectivity index (χ1) is 16.8. The van der Waals surface area contributed by atoms with Crippen LogP contribution in [0, 0.1) is 5.92 Å². The molecule has 0 unspecified atom stereocenters. The summed E-state index contributed by atoms with van der Waals surface area (Å²) in [6.45, 7) is 0.835. The molecule has 1 aliphatic heterocycles. The van der Waals surface area contributed by atoms with Gasteiger partial charge in [-0.3, -0.25) is 14.4 Å². The minimum atomic E-state index is -0.986. The van der Waals surface area contributed by atoms with Gasteiger partial charge in [0.25, 0.3) is 0 Å². The molecule has 1 saturated heterocycles. The summed E-state index contributed by atoms with van der Waals surface area (Å²) in [5.74, 6) is -1.84. The van der Waals surface area contributed by atoms with Gasteiger partial charge in [0.05, 0.1) is 18.0 Å². The maximum Gasteiger partial charge on any atom is 0.304 e. The lowest BCUT2D eigenvalue weighted by atomic mass is 10.0. The highest BCUT2D eigenvalue weighted by atomic mass is 35.5. The molecule has 36 heavy (non-hydrogen) atoms. The third-order valence-electron chi connectivity index (χ3n) is 6.10. The molecule has 2 aromatic rings. The number of guanidine groups is 1. The van der Waals surface area contributed by atoms with E-state index >= 15 is 0 Å². The molecule has 1 aliphatic rings. The van der Waals surface area contributed by atoms with Crippen molar-refractivity contribution in [3.8, 4) is 0 Å². The molecule has 3 rings (SSSR count). The van der Waals surface area contributed by atoms with Crippen LogP contribution in [0.15, 0.2) is 59.6 Å². The zero-order valence-corrected chi connectivity index (χ0v) is 21.0. The lowest BCUT2D eigenvalue weighted by Gasteiger charge is -2.25. The first-order valence-corrected chi connectivity index (χ1v) is 11.8. The van der Waals surface area contributed by atoms with Gasteiger partial charge in [0.15, 0.2) is 5.96 Å². The topological polar surface area (TPSA) is 151 Å². The van der Waals surface area contributed by atoms with E-state index in [-0.39, 0.29) is 49.1 Å². The molecule has 2 amide bonds. The van der Waals surface area contributed by atoms with Gasteiger partial charge in [-0.05, 0) is 48.9 Å². The number of nitrogens with one attached hydrogen (secondary N) is 1. The van der Waals surface area contributed by atoms with Gasteiger partial charge in [-0.1, -0.05) is 42.5 Å². The van der Waals surface area contributed by atoms with E-state index in [0.717, 1.165) is 18.4 Å². The van der Waals surface area contributed by atoms with E-state index in [4.69, 9.17) is 11.5 Å². The first kappa shape index (κ1) is 28.6. The van der Waals surface area contributed by atoms with Gasteiger partial charge in [-0.25, -0.2) is 4.99 Å². The Kier molecular flexibility index (Phi) is 11.2. The minimum absolute atomic E-state index is 0. The van der Waals surface area contributed by atoms with Crippen LogP contribution in [0.5, 0.6) is 0 Å². The molecule has 2 atom stereocenters. The molecule has 9 nitrogen and oxygen atoms in total. The maximum atomic E-state index is 12.9. The average molecular weight is 516 g/mol. The van der Waals surface area contributed by atoms with Crippen molar-refractivity contribution in [2.75, 3.05) is 13.1 Å². The second-order valence-corrected chi connectivity index (χ2v) is 8.82. The van der Waals surface area contributed by atoms with Crippen molar-refractivity contribution in [2.45, 2.75) is 44.6 Å². The van der Waals surface area contributed by atoms with Crippen LogP contribution >= 0.6 is 12.4 Å². The number of nitrogens with two attached hydrogens (primary N) is 2. The fourth-order valence-electron chi connectivity index (χ4n) is 4.45. The summed E-state index contributed by atoms with van der Waals surface area (Å²) in [5, 5.41) is 12.1. The molecular formula is C26H34ClN5O4. The van der Waals surface area contributed by atoms with Crippen LogP contribution in [-0.4, -0.2) is 52.9 Å². The Morgan fingerprint density at radius 1 is 1.06 bits per heavy atom. The number of amides is 2. The molecule has 0 radical (unpaired) electrons. The first-order valence-electron chi connectivity index (χ1n) is 11.8. The molecule has 6 N–H and O–H groups in total. The maximum absolute atomic E-state index is 12.9. The van der Waals surface area contributed by atoms with Crippen LogP contribution in [0.4, 0.5) is 5.69 Å². The lowest BCUT2D eigenvalue weighted by Crippen LogP contribution is -2.42. The number of nitrogens with zero attached hydrogens (tertiary/aromatic N) is 2. The Labute approximate surface area is 217 Å². The molecule has 0 aromatic heterocycles. The number of carboxylic acids is 1. The molecule has 0 bridgehead atoms. The predicted octanol–water partition coefficient (Wildman–Crippen LogP) is 2.39. The van der Waals surface area contributed by atoms with Gasteiger partial charge in [-0.15, -0.1) is 12.4 Å². The van der Waals surface area contributed by atoms with E-state index in [9.17, 15) is 19.5 Å². The van der Waals surface area contributed by atoms with Crippen molar-refractivity contribution in [3.05, 3.63) is 65.7 Å². The van der Waals surface area contributed by atoms with Crippen molar-refractivity contribution in [3.63, 3.8) is 0 Å². The number of aliphatic carboxylic acids is 1. The van der Waals surface area contributed by atoms with Gasteiger partial charge < -0.3 is 26.8 Å². The number of benzene rings is 2. The minimum Gasteiger partial charge on any atom is -0.481 e. The number of carbonyl (C=O) groups is 3. The summed E-state index contributed by atoms with van der Waals surface area (Å²) >= 11 is 0. The van der Waals surface area contributed by atoms with E-state index in [0.29, 0.717) is 31.6 Å². The molecule has 1 fully saturated rings. The van der Waals surface area contributed by atoms with Crippen LogP contribution in [0.2, 0.25) is 0 Å². The van der Waals surface area contributed by atoms with Crippen LogP contribution < -0.4 is 16.8 Å². The van der Waals surface area contributed by atoms with Gasteiger partial charge >= 0.3 is 5.97 Å². The summed E-state index contributed by atoms with van der Waals surface area (Å²) in [7, 11) is 0. The van der Waals surface area contributed by atoms with Crippen LogP contribution in [0.25, 0.3) is 0 Å². The van der Waals surface area contributed by atoms with Crippen LogP contribution in [-0.2, 0) is 27.2 Å². The summed E-state index contributed by atoms with van der Waals surface area (Å²) in [6.07, 6.45) is 2.63. The monoisotopic (exact) mass is 515 g/mol. The molecule has 0 saturated carbocycles. The van der Waals surface area contributed by atoms with Crippen molar-refractivity contribution in [2.24, 2.45) is 22.4 Å². The van der Waals surface area contributed by atoms with E-state index in [2.05, 4.69) is 10.3 Å². The van der Waals surface area contributed by atoms with E-state index in [1.54, 1.807) is 11.0 Å². The predicted molar refractivity (Wildman–Crippen MR) is 141 cm³/mol. The number of likely N-dealkylation sites (tertiary alicyclic amines) is 1. The number of hydrogen-bond acceptors (Lipinski definition) is 4. The molecule has 0 spiro atoms. The van der Waals surface area contributed by atoms with E-state index < -0.39 is 11.9 Å². The van der Waals surface area contributed by atoms with Crippen molar-refractivity contribution < 1.29 is 19.5 Å². The van der Waals surface area contributed by atoms with E-state index in [1.165, 1.54) is 5.56 Å². The average Bonchev–Trinajstić information content (AvgIpc) is 3.10. The van der Waals surface area contributed by atoms with Crippen molar-refractivity contribution in [1.82, 2.24) is 10.2 Å². The largest absolute Gasteiger partial charge is 0.481 e. The summed E-state index contributed by atoms with van der Waals surface area (Å²) < 4.78 is 0. The van der Waals surface area contributed by atoms with Gasteiger partial charge in [0.1, 0.15) is 0 Å². The number of aliphatic imine (C=N–C) groups is 1. The van der Waals surface area contributed by atoms with E-state index in [1.807, 2.05) is 48.5 Å². The third kappa shape index (κ3) is 8.88. The Bertz CT molecular complexity index is 1060. The lowest BCUT2D eigenvalue weighted by molar-refractivity contribution is -0.142. The molecule has 194 valence electrons. The number of hydrogen-bond donors (Lipinski definition) is 4. The zero-order chi connectivity index (χ0) is 25.2. The van der Waals surface area contributed by atoms with Gasteiger partial charge in [0.2, 0.25) is 11.8 Å². The van der Waals surface area contributed by atoms with Crippen molar-refractivity contribution in [1.29, 1.82) is 0 Å². The molecule has 2 aromatic carbocycles.